The molecule has 0 spiro atoms. The SMILES string of the molecule is COc1cc(-c2cc(-c3ccc(Cl)cc3)on2)cc2c1OCC2. The van der Waals surface area contributed by atoms with Crippen LogP contribution in [0.25, 0.3) is 22.6 Å². The highest BCUT2D eigenvalue weighted by Gasteiger charge is 2.20. The van der Waals surface area contributed by atoms with Crippen molar-refractivity contribution < 1.29 is 14.0 Å². The average molecular weight is 328 g/mol. The molecule has 0 aliphatic carbocycles. The van der Waals surface area contributed by atoms with Gasteiger partial charge in [0.25, 0.3) is 0 Å². The van der Waals surface area contributed by atoms with E-state index in [1.165, 1.54) is 0 Å². The van der Waals surface area contributed by atoms with Crippen molar-refractivity contribution in [3.05, 3.63) is 53.1 Å². The number of fused-ring (bicyclic) bond motifs is 1. The summed E-state index contributed by atoms with van der Waals surface area (Å²) in [7, 11) is 1.64. The molecule has 23 heavy (non-hydrogen) atoms. The summed E-state index contributed by atoms with van der Waals surface area (Å²) in [6.07, 6.45) is 0.876. The number of aromatic nitrogens is 1. The second-order valence-electron chi connectivity index (χ2n) is 5.35. The quantitative estimate of drug-likeness (QED) is 0.705. The molecule has 1 aliphatic heterocycles. The lowest BCUT2D eigenvalue weighted by Gasteiger charge is -2.08. The lowest BCUT2D eigenvalue weighted by atomic mass is 10.0. The van der Waals surface area contributed by atoms with Crippen LogP contribution < -0.4 is 9.47 Å². The Bertz CT molecular complexity index is 855. The largest absolute Gasteiger partial charge is 0.493 e. The summed E-state index contributed by atoms with van der Waals surface area (Å²) in [6, 6.07) is 13.4. The van der Waals surface area contributed by atoms with Gasteiger partial charge in [0.1, 0.15) is 5.69 Å². The van der Waals surface area contributed by atoms with Gasteiger partial charge in [-0.3, -0.25) is 0 Å². The molecule has 2 aromatic carbocycles. The highest BCUT2D eigenvalue weighted by molar-refractivity contribution is 6.30. The average Bonchev–Trinajstić information content (AvgIpc) is 3.23. The number of nitrogens with zero attached hydrogens (tertiary/aromatic N) is 1. The molecule has 4 nitrogen and oxygen atoms in total. The fraction of sp³-hybridized carbons (Fsp3) is 0.167. The van der Waals surface area contributed by atoms with Gasteiger partial charge in [0.2, 0.25) is 0 Å². The van der Waals surface area contributed by atoms with Crippen LogP contribution in [0.1, 0.15) is 5.56 Å². The summed E-state index contributed by atoms with van der Waals surface area (Å²) in [4.78, 5) is 0. The van der Waals surface area contributed by atoms with Crippen LogP contribution in [0.5, 0.6) is 11.5 Å². The van der Waals surface area contributed by atoms with Crippen molar-refractivity contribution in [1.29, 1.82) is 0 Å². The van der Waals surface area contributed by atoms with E-state index in [2.05, 4.69) is 11.2 Å². The Hall–Kier alpha value is -2.46. The number of hydrogen-bond acceptors (Lipinski definition) is 4. The van der Waals surface area contributed by atoms with Crippen molar-refractivity contribution in [1.82, 2.24) is 5.16 Å². The van der Waals surface area contributed by atoms with Crippen molar-refractivity contribution in [3.8, 4) is 34.1 Å². The predicted octanol–water partition coefficient (Wildman–Crippen LogP) is 4.61. The van der Waals surface area contributed by atoms with Crippen molar-refractivity contribution >= 4 is 11.6 Å². The van der Waals surface area contributed by atoms with Gasteiger partial charge in [0.15, 0.2) is 17.3 Å². The lowest BCUT2D eigenvalue weighted by Crippen LogP contribution is -1.91. The van der Waals surface area contributed by atoms with Gasteiger partial charge in [-0.2, -0.15) is 0 Å². The maximum absolute atomic E-state index is 5.92. The molecule has 0 unspecified atom stereocenters. The van der Waals surface area contributed by atoms with E-state index in [-0.39, 0.29) is 0 Å². The zero-order valence-corrected chi connectivity index (χ0v) is 13.3. The summed E-state index contributed by atoms with van der Waals surface area (Å²) in [5, 5.41) is 4.87. The predicted molar refractivity (Wildman–Crippen MR) is 88.1 cm³/mol. The van der Waals surface area contributed by atoms with Crippen molar-refractivity contribution in [2.24, 2.45) is 0 Å². The van der Waals surface area contributed by atoms with Gasteiger partial charge in [0.05, 0.1) is 13.7 Å². The van der Waals surface area contributed by atoms with Crippen LogP contribution in [0.2, 0.25) is 5.02 Å². The summed E-state index contributed by atoms with van der Waals surface area (Å²) >= 11 is 5.92. The monoisotopic (exact) mass is 327 g/mol. The van der Waals surface area contributed by atoms with Gasteiger partial charge in [-0.25, -0.2) is 0 Å². The second-order valence-corrected chi connectivity index (χ2v) is 5.78. The maximum atomic E-state index is 5.92. The summed E-state index contributed by atoms with van der Waals surface area (Å²) in [5.74, 6) is 2.26. The standard InChI is InChI=1S/C18H14ClNO3/c1-21-17-9-13(8-12-6-7-22-18(12)17)15-10-16(23-20-15)11-2-4-14(19)5-3-11/h2-5,8-10H,6-7H2,1H3. The van der Waals surface area contributed by atoms with Gasteiger partial charge < -0.3 is 14.0 Å². The minimum Gasteiger partial charge on any atom is -0.493 e. The van der Waals surface area contributed by atoms with E-state index in [9.17, 15) is 0 Å². The first-order chi connectivity index (χ1) is 11.2. The first-order valence-electron chi connectivity index (χ1n) is 7.31. The van der Waals surface area contributed by atoms with Crippen LogP contribution in [0.4, 0.5) is 0 Å². The number of benzene rings is 2. The van der Waals surface area contributed by atoms with Crippen LogP contribution in [-0.2, 0) is 6.42 Å². The molecule has 0 N–H and O–H groups in total. The molecule has 0 radical (unpaired) electrons. The minimum absolute atomic E-state index is 0.685. The first-order valence-corrected chi connectivity index (χ1v) is 7.69. The van der Waals surface area contributed by atoms with Crippen molar-refractivity contribution in [2.75, 3.05) is 13.7 Å². The molecule has 3 aromatic rings. The molecule has 0 saturated heterocycles. The zero-order valence-electron chi connectivity index (χ0n) is 12.5. The molecule has 4 rings (SSSR count). The molecular weight excluding hydrogens is 314 g/mol. The Morgan fingerprint density at radius 2 is 1.91 bits per heavy atom. The molecule has 5 heteroatoms. The van der Waals surface area contributed by atoms with Crippen molar-refractivity contribution in [3.63, 3.8) is 0 Å². The lowest BCUT2D eigenvalue weighted by molar-refractivity contribution is 0.326. The number of ether oxygens (including phenoxy) is 2. The van der Waals surface area contributed by atoms with E-state index in [0.29, 0.717) is 17.4 Å². The van der Waals surface area contributed by atoms with Gasteiger partial charge in [-0.15, -0.1) is 0 Å². The molecule has 116 valence electrons. The highest BCUT2D eigenvalue weighted by Crippen LogP contribution is 2.40. The van der Waals surface area contributed by atoms with E-state index >= 15 is 0 Å². The fourth-order valence-corrected chi connectivity index (χ4v) is 2.86. The Labute approximate surface area is 138 Å². The van der Waals surface area contributed by atoms with Gasteiger partial charge >= 0.3 is 0 Å². The topological polar surface area (TPSA) is 44.5 Å². The van der Waals surface area contributed by atoms with E-state index in [0.717, 1.165) is 40.3 Å². The van der Waals surface area contributed by atoms with Gasteiger partial charge in [-0.05, 0) is 36.4 Å². The summed E-state index contributed by atoms with van der Waals surface area (Å²) in [5.41, 5.74) is 3.79. The zero-order chi connectivity index (χ0) is 15.8. The number of hydrogen-bond donors (Lipinski definition) is 0. The second kappa shape index (κ2) is 5.63. The smallest absolute Gasteiger partial charge is 0.167 e. The Kier molecular flexibility index (Phi) is 3.46. The third-order valence-corrected chi connectivity index (χ3v) is 4.16. The maximum Gasteiger partial charge on any atom is 0.167 e. The minimum atomic E-state index is 0.685. The molecular formula is C18H14ClNO3. The third kappa shape index (κ3) is 2.55. The van der Waals surface area contributed by atoms with Crippen LogP contribution in [0.3, 0.4) is 0 Å². The van der Waals surface area contributed by atoms with Crippen LogP contribution in [-0.4, -0.2) is 18.9 Å². The van der Waals surface area contributed by atoms with Gasteiger partial charge in [0, 0.05) is 34.2 Å². The summed E-state index contributed by atoms with van der Waals surface area (Å²) < 4.78 is 16.5. The van der Waals surface area contributed by atoms with Crippen molar-refractivity contribution in [2.45, 2.75) is 6.42 Å². The van der Waals surface area contributed by atoms with E-state index < -0.39 is 0 Å². The van der Waals surface area contributed by atoms with E-state index in [1.807, 2.05) is 36.4 Å². The van der Waals surface area contributed by atoms with Crippen LogP contribution in [0.15, 0.2) is 47.0 Å². The first kappa shape index (κ1) is 14.2. The fourth-order valence-electron chi connectivity index (χ4n) is 2.73. The number of rotatable bonds is 3. The molecule has 0 fully saturated rings. The molecule has 1 aromatic heterocycles. The Balaban J connectivity index is 1.73. The number of halogens is 1. The van der Waals surface area contributed by atoms with E-state index in [4.69, 9.17) is 25.6 Å². The Morgan fingerprint density at radius 3 is 2.70 bits per heavy atom. The Morgan fingerprint density at radius 1 is 1.09 bits per heavy atom. The third-order valence-electron chi connectivity index (χ3n) is 3.90. The molecule has 0 atom stereocenters. The highest BCUT2D eigenvalue weighted by atomic mass is 35.5. The normalized spacial score (nSPS) is 12.8. The molecule has 0 saturated carbocycles. The molecule has 0 bridgehead atoms. The van der Waals surface area contributed by atoms with E-state index in [1.54, 1.807) is 7.11 Å². The van der Waals surface area contributed by atoms with Crippen LogP contribution in [0, 0.1) is 0 Å². The molecule has 2 heterocycles. The van der Waals surface area contributed by atoms with Crippen LogP contribution >= 0.6 is 11.6 Å². The molecule has 0 amide bonds. The number of methoxy groups -OCH3 is 1. The molecule has 1 aliphatic rings. The summed E-state index contributed by atoms with van der Waals surface area (Å²) in [6.45, 7) is 0.685. The van der Waals surface area contributed by atoms with Gasteiger partial charge in [-0.1, -0.05) is 16.8 Å².